The van der Waals surface area contributed by atoms with Gasteiger partial charge in [-0.3, -0.25) is 0 Å². The minimum atomic E-state index is -2.83. The van der Waals surface area contributed by atoms with Gasteiger partial charge < -0.3 is 4.74 Å². The lowest BCUT2D eigenvalue weighted by molar-refractivity contribution is 0.0739. The number of rotatable bonds is 0. The van der Waals surface area contributed by atoms with E-state index in [4.69, 9.17) is 4.74 Å². The number of hydrogen-bond donors (Lipinski definition) is 0. The third-order valence-electron chi connectivity index (χ3n) is 4.19. The molecule has 0 aromatic heterocycles. The Bertz CT molecular complexity index is 357. The quantitative estimate of drug-likeness (QED) is 0.577. The topological polar surface area (TPSA) is 43.4 Å². The molecule has 4 atom stereocenters. The highest BCUT2D eigenvalue weighted by atomic mass is 32.2. The Morgan fingerprint density at radius 1 is 1.38 bits per heavy atom. The van der Waals surface area contributed by atoms with Crippen molar-refractivity contribution in [3.8, 4) is 0 Å². The van der Waals surface area contributed by atoms with Crippen LogP contribution in [0.1, 0.15) is 20.3 Å². The van der Waals surface area contributed by atoms with E-state index in [1.54, 1.807) is 0 Å². The summed E-state index contributed by atoms with van der Waals surface area (Å²) in [4.78, 5) is 0. The summed E-state index contributed by atoms with van der Waals surface area (Å²) in [5, 5.41) is -0.171. The molecule has 0 aromatic carbocycles. The predicted molar refractivity (Wildman–Crippen MR) is 48.1 cm³/mol. The van der Waals surface area contributed by atoms with Crippen molar-refractivity contribution >= 4 is 9.84 Å². The molecule has 0 amide bonds. The van der Waals surface area contributed by atoms with Crippen molar-refractivity contribution in [3.05, 3.63) is 0 Å². The summed E-state index contributed by atoms with van der Waals surface area (Å²) in [6.07, 6.45) is 0.936. The van der Waals surface area contributed by atoms with E-state index in [9.17, 15) is 8.42 Å². The molecule has 3 saturated heterocycles. The van der Waals surface area contributed by atoms with Crippen LogP contribution in [-0.4, -0.2) is 31.6 Å². The molecule has 3 heterocycles. The van der Waals surface area contributed by atoms with Gasteiger partial charge in [-0.2, -0.15) is 0 Å². The molecule has 0 aromatic rings. The van der Waals surface area contributed by atoms with Crippen LogP contribution in [-0.2, 0) is 14.6 Å². The molecule has 13 heavy (non-hydrogen) atoms. The molecule has 0 aliphatic carbocycles. The van der Waals surface area contributed by atoms with Crippen molar-refractivity contribution in [3.63, 3.8) is 0 Å². The fourth-order valence-electron chi connectivity index (χ4n) is 3.21. The van der Waals surface area contributed by atoms with E-state index >= 15 is 0 Å². The highest BCUT2D eigenvalue weighted by molar-refractivity contribution is 7.92. The fraction of sp³-hybridized carbons (Fsp3) is 1.00. The number of fused-ring (bicyclic) bond motifs is 1. The average molecular weight is 202 g/mol. The zero-order valence-corrected chi connectivity index (χ0v) is 8.67. The molecule has 0 N–H and O–H groups in total. The molecule has 3 fully saturated rings. The number of hydrogen-bond acceptors (Lipinski definition) is 3. The maximum atomic E-state index is 11.7. The molecule has 3 rings (SSSR count). The van der Waals surface area contributed by atoms with Gasteiger partial charge in [0.05, 0.1) is 23.2 Å². The summed E-state index contributed by atoms with van der Waals surface area (Å²) in [5.41, 5.74) is 0.0741. The van der Waals surface area contributed by atoms with Gasteiger partial charge in [0.15, 0.2) is 9.84 Å². The van der Waals surface area contributed by atoms with Crippen molar-refractivity contribution in [2.24, 2.45) is 11.3 Å². The lowest BCUT2D eigenvalue weighted by atomic mass is 9.70. The summed E-state index contributed by atoms with van der Waals surface area (Å²) in [6.45, 7) is 4.28. The maximum absolute atomic E-state index is 11.7. The summed E-state index contributed by atoms with van der Waals surface area (Å²) >= 11 is 0. The Morgan fingerprint density at radius 2 is 2.08 bits per heavy atom. The van der Waals surface area contributed by atoms with Gasteiger partial charge in [-0.25, -0.2) is 8.42 Å². The van der Waals surface area contributed by atoms with E-state index in [1.165, 1.54) is 0 Å². The zero-order valence-electron chi connectivity index (χ0n) is 7.86. The van der Waals surface area contributed by atoms with Crippen molar-refractivity contribution in [1.29, 1.82) is 0 Å². The van der Waals surface area contributed by atoms with Crippen LogP contribution in [0.5, 0.6) is 0 Å². The average Bonchev–Trinajstić information content (AvgIpc) is 2.54. The first kappa shape index (κ1) is 8.24. The fourth-order valence-corrected chi connectivity index (χ4v) is 5.71. The van der Waals surface area contributed by atoms with Crippen LogP contribution in [0.3, 0.4) is 0 Å². The Labute approximate surface area is 78.4 Å². The summed E-state index contributed by atoms with van der Waals surface area (Å²) in [6, 6.07) is 0. The molecule has 3 nitrogen and oxygen atoms in total. The van der Waals surface area contributed by atoms with Gasteiger partial charge in [-0.1, -0.05) is 13.8 Å². The van der Waals surface area contributed by atoms with Crippen molar-refractivity contribution in [2.45, 2.75) is 37.7 Å². The first-order chi connectivity index (χ1) is 5.93. The normalized spacial score (nSPS) is 54.3. The van der Waals surface area contributed by atoms with E-state index in [0.29, 0.717) is 5.75 Å². The molecule has 4 heteroatoms. The van der Waals surface area contributed by atoms with E-state index in [-0.39, 0.29) is 28.8 Å². The standard InChI is InChI=1S/C9H14O3S/c1-9(2)5-4-13(10,11)6-3-7(9)12-8(5)6/h5-8H,3-4H2,1-2H3. The Kier molecular flexibility index (Phi) is 1.24. The number of ether oxygens (including phenoxy) is 1. The van der Waals surface area contributed by atoms with Gasteiger partial charge >= 0.3 is 0 Å². The Morgan fingerprint density at radius 3 is 2.62 bits per heavy atom. The third-order valence-corrected chi connectivity index (χ3v) is 6.40. The highest BCUT2D eigenvalue weighted by Gasteiger charge is 2.66. The first-order valence-corrected chi connectivity index (χ1v) is 6.51. The van der Waals surface area contributed by atoms with E-state index in [1.807, 2.05) is 0 Å². The van der Waals surface area contributed by atoms with Crippen LogP contribution < -0.4 is 0 Å². The summed E-state index contributed by atoms with van der Waals surface area (Å²) < 4.78 is 29.1. The van der Waals surface area contributed by atoms with Gasteiger partial charge in [0.2, 0.25) is 0 Å². The second-order valence-electron chi connectivity index (χ2n) is 5.12. The van der Waals surface area contributed by atoms with Crippen LogP contribution >= 0.6 is 0 Å². The highest BCUT2D eigenvalue weighted by Crippen LogP contribution is 2.57. The SMILES string of the molecule is CC1(C)C2CC3C(O2)C1CS3(=O)=O. The smallest absolute Gasteiger partial charge is 0.156 e. The Hall–Kier alpha value is -0.0900. The van der Waals surface area contributed by atoms with Crippen LogP contribution in [0.15, 0.2) is 0 Å². The molecule has 74 valence electrons. The van der Waals surface area contributed by atoms with Crippen molar-refractivity contribution in [2.75, 3.05) is 5.75 Å². The molecule has 0 spiro atoms. The number of sulfone groups is 1. The molecule has 0 radical (unpaired) electrons. The molecule has 0 saturated carbocycles. The van der Waals surface area contributed by atoms with Crippen molar-refractivity contribution < 1.29 is 13.2 Å². The molecule has 3 aliphatic rings. The van der Waals surface area contributed by atoms with Gasteiger partial charge in [-0.15, -0.1) is 0 Å². The second-order valence-corrected chi connectivity index (χ2v) is 7.39. The molecule has 4 unspecified atom stereocenters. The van der Waals surface area contributed by atoms with Crippen LogP contribution in [0, 0.1) is 11.3 Å². The lowest BCUT2D eigenvalue weighted by Crippen LogP contribution is -2.36. The minimum absolute atomic E-state index is 0.0185. The largest absolute Gasteiger partial charge is 0.373 e. The zero-order chi connectivity index (χ0) is 9.43. The summed E-state index contributed by atoms with van der Waals surface area (Å²) in [7, 11) is -2.83. The van der Waals surface area contributed by atoms with Crippen LogP contribution in [0.4, 0.5) is 0 Å². The third kappa shape index (κ3) is 0.773. The second kappa shape index (κ2) is 1.96. The maximum Gasteiger partial charge on any atom is 0.156 e. The van der Waals surface area contributed by atoms with Crippen LogP contribution in [0.2, 0.25) is 0 Å². The van der Waals surface area contributed by atoms with Crippen molar-refractivity contribution in [1.82, 2.24) is 0 Å². The van der Waals surface area contributed by atoms with Gasteiger partial charge in [0.1, 0.15) is 0 Å². The van der Waals surface area contributed by atoms with Crippen LogP contribution in [0.25, 0.3) is 0 Å². The van der Waals surface area contributed by atoms with Gasteiger partial charge in [0, 0.05) is 5.92 Å². The van der Waals surface area contributed by atoms with E-state index < -0.39 is 9.84 Å². The lowest BCUT2D eigenvalue weighted by Gasteiger charge is -2.30. The van der Waals surface area contributed by atoms with E-state index in [2.05, 4.69) is 13.8 Å². The molecular formula is C9H14O3S. The predicted octanol–water partition coefficient (Wildman–Crippen LogP) is 0.597. The molecule has 2 bridgehead atoms. The summed E-state index contributed by atoms with van der Waals surface area (Å²) in [5.74, 6) is 0.604. The van der Waals surface area contributed by atoms with Gasteiger partial charge in [-0.05, 0) is 11.8 Å². The molecular weight excluding hydrogens is 188 g/mol. The van der Waals surface area contributed by atoms with Gasteiger partial charge in [0.25, 0.3) is 0 Å². The molecule has 3 aliphatic heterocycles. The van der Waals surface area contributed by atoms with E-state index in [0.717, 1.165) is 6.42 Å². The first-order valence-electron chi connectivity index (χ1n) is 4.80. The minimum Gasteiger partial charge on any atom is -0.373 e. The Balaban J connectivity index is 2.14. The monoisotopic (exact) mass is 202 g/mol.